The number of rotatable bonds is 5. The lowest BCUT2D eigenvalue weighted by atomic mass is 9.97. The average Bonchev–Trinajstić information content (AvgIpc) is 3.57. The number of piperazine rings is 1. The number of phenols is 1. The zero-order chi connectivity index (χ0) is 22.4. The van der Waals surface area contributed by atoms with Crippen molar-refractivity contribution in [2.45, 2.75) is 38.8 Å². The summed E-state index contributed by atoms with van der Waals surface area (Å²) >= 11 is 0. The van der Waals surface area contributed by atoms with E-state index in [-0.39, 0.29) is 0 Å². The number of nitrogens with zero attached hydrogens (tertiary/aromatic N) is 5. The normalized spacial score (nSPS) is 19.4. The number of aryl methyl sites for hydroxylation is 1. The number of hydrogen-bond donors (Lipinski definition) is 3. The van der Waals surface area contributed by atoms with Crippen LogP contribution in [0.1, 0.15) is 31.2 Å². The smallest absolute Gasteiger partial charge is 0.202 e. The van der Waals surface area contributed by atoms with Gasteiger partial charge in [-0.2, -0.15) is 10.2 Å². The van der Waals surface area contributed by atoms with Gasteiger partial charge >= 0.3 is 0 Å². The molecule has 4 aromatic rings. The van der Waals surface area contributed by atoms with E-state index in [1.807, 2.05) is 12.1 Å². The number of aromatic nitrogens is 5. The first-order valence-corrected chi connectivity index (χ1v) is 11.9. The second-order valence-electron chi connectivity index (χ2n) is 9.20. The summed E-state index contributed by atoms with van der Waals surface area (Å²) in [6.07, 6.45) is 3.49. The Labute approximate surface area is 192 Å². The molecular formula is C25H29N7O. The summed E-state index contributed by atoms with van der Waals surface area (Å²) in [6.45, 7) is 7.49. The molecule has 0 amide bonds. The third kappa shape index (κ3) is 3.79. The molecule has 2 aliphatic heterocycles. The molecule has 0 unspecified atom stereocenters. The number of fused-ring (bicyclic) bond motifs is 2. The van der Waals surface area contributed by atoms with E-state index in [1.165, 1.54) is 19.4 Å². The largest absolute Gasteiger partial charge is 0.508 e. The van der Waals surface area contributed by atoms with E-state index < -0.39 is 0 Å². The maximum atomic E-state index is 9.82. The van der Waals surface area contributed by atoms with Gasteiger partial charge in [0, 0.05) is 31.1 Å². The van der Waals surface area contributed by atoms with Gasteiger partial charge in [-0.1, -0.05) is 19.1 Å². The van der Waals surface area contributed by atoms with Crippen molar-refractivity contribution >= 4 is 10.9 Å². The predicted molar refractivity (Wildman–Crippen MR) is 128 cm³/mol. The van der Waals surface area contributed by atoms with Crippen molar-refractivity contribution in [3.8, 4) is 28.4 Å². The Kier molecular flexibility index (Phi) is 5.11. The summed E-state index contributed by atoms with van der Waals surface area (Å²) < 4.78 is 0. The van der Waals surface area contributed by atoms with E-state index in [0.29, 0.717) is 17.6 Å². The van der Waals surface area contributed by atoms with E-state index in [9.17, 15) is 5.11 Å². The topological polar surface area (TPSA) is 97.0 Å². The molecule has 1 atom stereocenters. The summed E-state index contributed by atoms with van der Waals surface area (Å²) in [6, 6.07) is 12.5. The fourth-order valence-electron chi connectivity index (χ4n) is 5.39. The van der Waals surface area contributed by atoms with Gasteiger partial charge in [-0.15, -0.1) is 0 Å². The number of phenolic OH excluding ortho intramolecular Hbond substituents is 1. The van der Waals surface area contributed by atoms with Gasteiger partial charge in [-0.05, 0) is 66.8 Å². The SMILES string of the molecule is CCc1cc(O)ccc1-c1ccc2c(-c3n[nH]c(CN4CCN5CCC[C@H]5C4)n3)n[nH]c2c1. The fraction of sp³-hybridized carbons (Fsp3) is 0.400. The molecule has 0 saturated carbocycles. The van der Waals surface area contributed by atoms with Crippen LogP contribution in [-0.4, -0.2) is 72.5 Å². The standard InChI is InChI=1S/C25H29N7O/c1-2-16-12-19(33)6-8-20(16)17-5-7-21-22(13-17)27-29-24(21)25-26-23(28-30-25)15-31-10-11-32-9-3-4-18(32)14-31/h5-8,12-13,18,33H,2-4,9-11,14-15H2,1H3,(H,27,29)(H,26,28,30)/t18-/m0/s1. The number of H-pyrrole nitrogens is 2. The highest BCUT2D eigenvalue weighted by atomic mass is 16.3. The molecule has 8 heteroatoms. The number of hydrogen-bond acceptors (Lipinski definition) is 6. The van der Waals surface area contributed by atoms with Gasteiger partial charge in [0.1, 0.15) is 17.3 Å². The lowest BCUT2D eigenvalue weighted by molar-refractivity contribution is 0.0975. The Morgan fingerprint density at radius 1 is 1.06 bits per heavy atom. The number of benzene rings is 2. The number of nitrogens with one attached hydrogen (secondary N) is 2. The van der Waals surface area contributed by atoms with Crippen LogP contribution in [0.25, 0.3) is 33.5 Å². The lowest BCUT2D eigenvalue weighted by Crippen LogP contribution is -2.49. The van der Waals surface area contributed by atoms with Crippen molar-refractivity contribution in [2.24, 2.45) is 0 Å². The number of aromatic amines is 2. The van der Waals surface area contributed by atoms with Gasteiger partial charge in [-0.3, -0.25) is 20.0 Å². The minimum absolute atomic E-state index is 0.297. The maximum absolute atomic E-state index is 9.82. The Bertz CT molecular complexity index is 1290. The first-order valence-electron chi connectivity index (χ1n) is 11.9. The summed E-state index contributed by atoms with van der Waals surface area (Å²) in [7, 11) is 0. The summed E-state index contributed by atoms with van der Waals surface area (Å²) in [5.74, 6) is 1.81. The quantitative estimate of drug-likeness (QED) is 0.436. The van der Waals surface area contributed by atoms with Crippen molar-refractivity contribution in [1.82, 2.24) is 35.2 Å². The molecule has 2 fully saturated rings. The lowest BCUT2D eigenvalue weighted by Gasteiger charge is -2.36. The van der Waals surface area contributed by atoms with Crippen LogP contribution >= 0.6 is 0 Å². The molecule has 0 aliphatic carbocycles. The highest BCUT2D eigenvalue weighted by Crippen LogP contribution is 2.32. The predicted octanol–water partition coefficient (Wildman–Crippen LogP) is 3.56. The van der Waals surface area contributed by atoms with Crippen LogP contribution < -0.4 is 0 Å². The molecule has 0 bridgehead atoms. The monoisotopic (exact) mass is 443 g/mol. The summed E-state index contributed by atoms with van der Waals surface area (Å²) in [5, 5.41) is 26.1. The molecule has 2 aromatic carbocycles. The van der Waals surface area contributed by atoms with E-state index in [1.54, 1.807) is 6.07 Å². The third-order valence-corrected chi connectivity index (χ3v) is 7.13. The van der Waals surface area contributed by atoms with Crippen LogP contribution in [-0.2, 0) is 13.0 Å². The van der Waals surface area contributed by atoms with E-state index >= 15 is 0 Å². The van der Waals surface area contributed by atoms with Gasteiger partial charge in [0.15, 0.2) is 0 Å². The van der Waals surface area contributed by atoms with Gasteiger partial charge in [0.05, 0.1) is 12.1 Å². The van der Waals surface area contributed by atoms with Crippen LogP contribution in [0.4, 0.5) is 0 Å². The first-order chi connectivity index (χ1) is 16.2. The fourth-order valence-corrected chi connectivity index (χ4v) is 5.39. The van der Waals surface area contributed by atoms with Crippen molar-refractivity contribution in [3.63, 3.8) is 0 Å². The highest BCUT2D eigenvalue weighted by molar-refractivity contribution is 5.94. The second kappa shape index (κ2) is 8.28. The molecule has 3 N–H and O–H groups in total. The molecular weight excluding hydrogens is 414 g/mol. The zero-order valence-corrected chi connectivity index (χ0v) is 18.9. The zero-order valence-electron chi connectivity index (χ0n) is 18.9. The molecule has 4 heterocycles. The Morgan fingerprint density at radius 2 is 2.00 bits per heavy atom. The van der Waals surface area contributed by atoms with Crippen LogP contribution in [0.3, 0.4) is 0 Å². The van der Waals surface area contributed by atoms with Crippen molar-refractivity contribution in [1.29, 1.82) is 0 Å². The molecule has 170 valence electrons. The van der Waals surface area contributed by atoms with Crippen molar-refractivity contribution in [2.75, 3.05) is 26.2 Å². The minimum atomic E-state index is 0.297. The summed E-state index contributed by atoms with van der Waals surface area (Å²) in [5.41, 5.74) is 5.04. The van der Waals surface area contributed by atoms with Crippen LogP contribution in [0.2, 0.25) is 0 Å². The third-order valence-electron chi connectivity index (χ3n) is 7.13. The van der Waals surface area contributed by atoms with Gasteiger partial charge in [-0.25, -0.2) is 4.98 Å². The molecule has 0 radical (unpaired) electrons. The Hall–Kier alpha value is -3.23. The maximum Gasteiger partial charge on any atom is 0.202 e. The molecule has 8 nitrogen and oxygen atoms in total. The van der Waals surface area contributed by atoms with E-state index in [0.717, 1.165) is 71.7 Å². The summed E-state index contributed by atoms with van der Waals surface area (Å²) in [4.78, 5) is 9.87. The van der Waals surface area contributed by atoms with E-state index in [2.05, 4.69) is 55.3 Å². The highest BCUT2D eigenvalue weighted by Gasteiger charge is 2.30. The molecule has 2 aliphatic rings. The molecule has 6 rings (SSSR count). The second-order valence-corrected chi connectivity index (χ2v) is 9.20. The van der Waals surface area contributed by atoms with Crippen LogP contribution in [0, 0.1) is 0 Å². The van der Waals surface area contributed by atoms with Crippen LogP contribution in [0.5, 0.6) is 5.75 Å². The Balaban J connectivity index is 1.23. The van der Waals surface area contributed by atoms with Gasteiger partial charge in [0.25, 0.3) is 0 Å². The molecule has 2 saturated heterocycles. The molecule has 2 aromatic heterocycles. The van der Waals surface area contributed by atoms with Crippen LogP contribution in [0.15, 0.2) is 36.4 Å². The average molecular weight is 444 g/mol. The number of aromatic hydroxyl groups is 1. The van der Waals surface area contributed by atoms with Gasteiger partial charge in [0.2, 0.25) is 5.82 Å². The molecule has 33 heavy (non-hydrogen) atoms. The minimum Gasteiger partial charge on any atom is -0.508 e. The van der Waals surface area contributed by atoms with Crippen molar-refractivity contribution < 1.29 is 5.11 Å². The van der Waals surface area contributed by atoms with Gasteiger partial charge < -0.3 is 5.11 Å². The van der Waals surface area contributed by atoms with E-state index in [4.69, 9.17) is 4.98 Å². The Morgan fingerprint density at radius 3 is 2.91 bits per heavy atom. The molecule has 0 spiro atoms. The first kappa shape index (κ1) is 20.4. The van der Waals surface area contributed by atoms with Crippen molar-refractivity contribution in [3.05, 3.63) is 47.8 Å².